The van der Waals surface area contributed by atoms with Crippen molar-refractivity contribution in [2.75, 3.05) is 12.4 Å². The number of carbonyl (C=O) groups is 2. The molecule has 10 heteroatoms. The monoisotopic (exact) mass is 534 g/mol. The van der Waals surface area contributed by atoms with Gasteiger partial charge in [-0.1, -0.05) is 74.6 Å². The summed E-state index contributed by atoms with van der Waals surface area (Å²) in [5.41, 5.74) is 0.840. The normalized spacial score (nSPS) is 14.9. The van der Waals surface area contributed by atoms with E-state index in [2.05, 4.69) is 20.0 Å². The SMILES string of the molecule is COC(=O)c1csc(NC(=O)[C@H](CC2CCCCC2)n2c(O)c(Cc3ccc4ccccc4c3)[nH]c2=O)n1. The number of amides is 1. The number of esters is 1. The van der Waals surface area contributed by atoms with E-state index in [4.69, 9.17) is 0 Å². The lowest BCUT2D eigenvalue weighted by Crippen LogP contribution is -2.33. The van der Waals surface area contributed by atoms with Crippen molar-refractivity contribution in [1.82, 2.24) is 14.5 Å². The van der Waals surface area contributed by atoms with Gasteiger partial charge in [-0.15, -0.1) is 11.3 Å². The Balaban J connectivity index is 1.43. The number of aromatic nitrogens is 3. The number of aromatic hydroxyl groups is 1. The first-order valence-electron chi connectivity index (χ1n) is 12.8. The predicted octanol–water partition coefficient (Wildman–Crippen LogP) is 5.02. The van der Waals surface area contributed by atoms with E-state index in [-0.39, 0.29) is 22.6 Å². The summed E-state index contributed by atoms with van der Waals surface area (Å²) in [6, 6.07) is 13.0. The maximum Gasteiger partial charge on any atom is 0.357 e. The van der Waals surface area contributed by atoms with Gasteiger partial charge in [0.1, 0.15) is 6.04 Å². The minimum atomic E-state index is -0.933. The molecule has 2 heterocycles. The van der Waals surface area contributed by atoms with Crippen LogP contribution in [0.5, 0.6) is 5.88 Å². The zero-order valence-electron chi connectivity index (χ0n) is 21.1. The number of fused-ring (bicyclic) bond motifs is 1. The fourth-order valence-electron chi connectivity index (χ4n) is 5.24. The first kappa shape index (κ1) is 25.7. The molecule has 0 spiro atoms. The number of aromatic amines is 1. The Morgan fingerprint density at radius 2 is 1.95 bits per heavy atom. The van der Waals surface area contributed by atoms with E-state index in [1.54, 1.807) is 0 Å². The molecule has 1 aliphatic carbocycles. The summed E-state index contributed by atoms with van der Waals surface area (Å²) in [5.74, 6) is -1.05. The summed E-state index contributed by atoms with van der Waals surface area (Å²) in [7, 11) is 1.26. The largest absolute Gasteiger partial charge is 0.493 e. The van der Waals surface area contributed by atoms with Gasteiger partial charge in [0.25, 0.3) is 0 Å². The molecule has 5 rings (SSSR count). The number of nitrogens with zero attached hydrogens (tertiary/aromatic N) is 2. The number of hydrogen-bond acceptors (Lipinski definition) is 7. The number of anilines is 1. The van der Waals surface area contributed by atoms with Crippen molar-refractivity contribution < 1.29 is 19.4 Å². The molecule has 1 saturated carbocycles. The Morgan fingerprint density at radius 1 is 1.18 bits per heavy atom. The average molecular weight is 535 g/mol. The number of carbonyl (C=O) groups excluding carboxylic acids is 2. The fourth-order valence-corrected chi connectivity index (χ4v) is 5.92. The van der Waals surface area contributed by atoms with Gasteiger partial charge in [0, 0.05) is 11.8 Å². The summed E-state index contributed by atoms with van der Waals surface area (Å²) < 4.78 is 5.85. The molecule has 3 N–H and O–H groups in total. The number of imidazole rings is 1. The molecule has 4 aromatic rings. The highest BCUT2D eigenvalue weighted by molar-refractivity contribution is 7.14. The summed E-state index contributed by atoms with van der Waals surface area (Å²) >= 11 is 1.09. The van der Waals surface area contributed by atoms with Crippen LogP contribution in [-0.2, 0) is 16.0 Å². The van der Waals surface area contributed by atoms with Crippen molar-refractivity contribution in [3.05, 3.63) is 75.3 Å². The third kappa shape index (κ3) is 5.50. The number of rotatable bonds is 8. The topological polar surface area (TPSA) is 126 Å². The smallest absolute Gasteiger partial charge is 0.357 e. The van der Waals surface area contributed by atoms with Crippen LogP contribution >= 0.6 is 11.3 Å². The van der Waals surface area contributed by atoms with E-state index in [1.165, 1.54) is 12.5 Å². The van der Waals surface area contributed by atoms with Gasteiger partial charge in [-0.2, -0.15) is 0 Å². The van der Waals surface area contributed by atoms with Gasteiger partial charge in [-0.3, -0.25) is 9.36 Å². The fraction of sp³-hybridized carbons (Fsp3) is 0.357. The summed E-state index contributed by atoms with van der Waals surface area (Å²) in [5, 5.41) is 17.8. The van der Waals surface area contributed by atoms with Crippen LogP contribution in [0, 0.1) is 5.92 Å². The Bertz CT molecular complexity index is 1510. The van der Waals surface area contributed by atoms with Crippen LogP contribution in [0.25, 0.3) is 10.8 Å². The first-order valence-corrected chi connectivity index (χ1v) is 13.7. The molecule has 0 aliphatic heterocycles. The molecule has 0 unspecified atom stereocenters. The third-order valence-electron chi connectivity index (χ3n) is 7.19. The molecular weight excluding hydrogens is 504 g/mol. The van der Waals surface area contributed by atoms with E-state index >= 15 is 0 Å². The zero-order chi connectivity index (χ0) is 26.6. The standard InChI is InChI=1S/C28H30N4O5S/c1-37-26(35)22-16-38-27(29-22)31-24(33)23(15-17-7-3-2-4-8-17)32-25(34)21(30-28(32)36)14-18-11-12-19-9-5-6-10-20(19)13-18/h5-6,9-13,16-17,23,34H,2-4,7-8,14-15H2,1H3,(H,30,36)(H,29,31,33)/t23-/m0/s1. The van der Waals surface area contributed by atoms with Crippen LogP contribution in [-0.4, -0.2) is 38.6 Å². The molecule has 1 atom stereocenters. The molecule has 2 aromatic carbocycles. The van der Waals surface area contributed by atoms with Gasteiger partial charge in [-0.25, -0.2) is 14.6 Å². The minimum Gasteiger partial charge on any atom is -0.493 e. The van der Waals surface area contributed by atoms with E-state index in [9.17, 15) is 19.5 Å². The Kier molecular flexibility index (Phi) is 7.59. The van der Waals surface area contributed by atoms with Gasteiger partial charge in [0.05, 0.1) is 12.8 Å². The number of thiazole rings is 1. The highest BCUT2D eigenvalue weighted by atomic mass is 32.1. The van der Waals surface area contributed by atoms with Crippen molar-refractivity contribution in [2.24, 2.45) is 5.92 Å². The molecule has 0 radical (unpaired) electrons. The number of benzene rings is 2. The molecule has 0 saturated heterocycles. The third-order valence-corrected chi connectivity index (χ3v) is 7.95. The van der Waals surface area contributed by atoms with Crippen molar-refractivity contribution >= 4 is 39.1 Å². The number of H-pyrrole nitrogens is 1. The summed E-state index contributed by atoms with van der Waals surface area (Å²) in [6.45, 7) is 0. The Labute approximate surface area is 223 Å². The highest BCUT2D eigenvalue weighted by Gasteiger charge is 2.31. The molecule has 198 valence electrons. The van der Waals surface area contributed by atoms with Gasteiger partial charge in [0.15, 0.2) is 10.8 Å². The van der Waals surface area contributed by atoms with Gasteiger partial charge < -0.3 is 20.1 Å². The van der Waals surface area contributed by atoms with Crippen molar-refractivity contribution in [2.45, 2.75) is 51.0 Å². The summed E-state index contributed by atoms with van der Waals surface area (Å²) in [4.78, 5) is 45.3. The van der Waals surface area contributed by atoms with Crippen LogP contribution in [0.4, 0.5) is 5.13 Å². The number of ether oxygens (including phenoxy) is 1. The van der Waals surface area contributed by atoms with E-state index in [0.29, 0.717) is 18.5 Å². The zero-order valence-corrected chi connectivity index (χ0v) is 21.9. The molecule has 2 aromatic heterocycles. The number of methoxy groups -OCH3 is 1. The number of hydrogen-bond donors (Lipinski definition) is 3. The highest BCUT2D eigenvalue weighted by Crippen LogP contribution is 2.33. The molecule has 0 bridgehead atoms. The molecule has 1 fully saturated rings. The van der Waals surface area contributed by atoms with Crippen molar-refractivity contribution in [1.29, 1.82) is 0 Å². The lowest BCUT2D eigenvalue weighted by Gasteiger charge is -2.26. The van der Waals surface area contributed by atoms with Crippen LogP contribution in [0.2, 0.25) is 0 Å². The maximum atomic E-state index is 13.5. The average Bonchev–Trinajstić information content (AvgIpc) is 3.51. The van der Waals surface area contributed by atoms with Crippen molar-refractivity contribution in [3.8, 4) is 5.88 Å². The predicted molar refractivity (Wildman–Crippen MR) is 146 cm³/mol. The second-order valence-corrected chi connectivity index (χ2v) is 10.6. The molecule has 1 amide bonds. The lowest BCUT2D eigenvalue weighted by atomic mass is 9.84. The molecular formula is C28H30N4O5S. The number of nitrogens with one attached hydrogen (secondary N) is 2. The second kappa shape index (κ2) is 11.2. The second-order valence-electron chi connectivity index (χ2n) is 9.73. The Morgan fingerprint density at radius 3 is 2.71 bits per heavy atom. The Hall–Kier alpha value is -3.92. The molecule has 38 heavy (non-hydrogen) atoms. The van der Waals surface area contributed by atoms with Crippen LogP contribution in [0.3, 0.4) is 0 Å². The lowest BCUT2D eigenvalue weighted by molar-refractivity contribution is -0.120. The molecule has 1 aliphatic rings. The first-order chi connectivity index (χ1) is 18.4. The van der Waals surface area contributed by atoms with Gasteiger partial charge in [-0.05, 0) is 28.7 Å². The van der Waals surface area contributed by atoms with Gasteiger partial charge >= 0.3 is 11.7 Å². The van der Waals surface area contributed by atoms with Crippen molar-refractivity contribution in [3.63, 3.8) is 0 Å². The maximum absolute atomic E-state index is 13.5. The molecule has 9 nitrogen and oxygen atoms in total. The van der Waals surface area contributed by atoms with E-state index in [0.717, 1.165) is 64.3 Å². The van der Waals surface area contributed by atoms with Crippen LogP contribution in [0.15, 0.2) is 52.6 Å². The van der Waals surface area contributed by atoms with Crippen LogP contribution < -0.4 is 11.0 Å². The summed E-state index contributed by atoms with van der Waals surface area (Å²) in [6.07, 6.45) is 5.99. The van der Waals surface area contributed by atoms with E-state index in [1.807, 2.05) is 42.5 Å². The van der Waals surface area contributed by atoms with E-state index < -0.39 is 23.6 Å². The van der Waals surface area contributed by atoms with Crippen LogP contribution in [0.1, 0.15) is 66.3 Å². The van der Waals surface area contributed by atoms with Gasteiger partial charge in [0.2, 0.25) is 11.8 Å². The minimum absolute atomic E-state index is 0.0935. The quantitative estimate of drug-likeness (QED) is 0.273.